The molecule has 6 heteroatoms. The van der Waals surface area contributed by atoms with Crippen LogP contribution in [0.15, 0.2) is 53.1 Å². The maximum absolute atomic E-state index is 6.36. The average molecular weight is 271 g/mol. The van der Waals surface area contributed by atoms with Crippen LogP contribution in [0.3, 0.4) is 0 Å². The molecule has 0 saturated heterocycles. The molecular weight excluding hydrogens is 258 g/mol. The number of nitrogens with one attached hydrogen (secondary N) is 1. The Morgan fingerprint density at radius 1 is 1.26 bits per heavy atom. The molecule has 19 heavy (non-hydrogen) atoms. The number of rotatable bonds is 2. The molecule has 0 spiro atoms. The first-order valence-electron chi connectivity index (χ1n) is 5.77. The molecule has 0 amide bonds. The zero-order chi connectivity index (χ0) is 13.3. The number of aliphatic imine (C=N–C) groups is 1. The van der Waals surface area contributed by atoms with E-state index in [1.165, 1.54) is 0 Å². The summed E-state index contributed by atoms with van der Waals surface area (Å²) in [5.41, 5.74) is 13.0. The minimum atomic E-state index is -0.961. The van der Waals surface area contributed by atoms with Gasteiger partial charge in [0.1, 0.15) is 5.01 Å². The Kier molecular flexibility index (Phi) is 2.81. The van der Waals surface area contributed by atoms with Crippen molar-refractivity contribution in [3.8, 4) is 10.6 Å². The molecule has 5 nitrogen and oxygen atoms in total. The lowest BCUT2D eigenvalue weighted by molar-refractivity contribution is 0.583. The third-order valence-corrected chi connectivity index (χ3v) is 3.70. The lowest BCUT2D eigenvalue weighted by atomic mass is 9.95. The fourth-order valence-electron chi connectivity index (χ4n) is 2.05. The van der Waals surface area contributed by atoms with Crippen LogP contribution in [0.25, 0.3) is 10.6 Å². The van der Waals surface area contributed by atoms with Crippen molar-refractivity contribution in [1.29, 1.82) is 0 Å². The molecule has 0 aliphatic carbocycles. The van der Waals surface area contributed by atoms with Gasteiger partial charge in [-0.15, -0.1) is 11.3 Å². The van der Waals surface area contributed by atoms with Crippen molar-refractivity contribution in [3.63, 3.8) is 0 Å². The van der Waals surface area contributed by atoms with Gasteiger partial charge in [-0.25, -0.2) is 9.98 Å². The largest absolute Gasteiger partial charge is 0.370 e. The van der Waals surface area contributed by atoms with E-state index in [1.807, 2.05) is 29.6 Å². The minimum absolute atomic E-state index is 0.305. The van der Waals surface area contributed by atoms with Crippen molar-refractivity contribution in [2.45, 2.75) is 5.66 Å². The predicted molar refractivity (Wildman–Crippen MR) is 77.3 cm³/mol. The quantitative estimate of drug-likeness (QED) is 0.769. The maximum Gasteiger partial charge on any atom is 0.195 e. The number of thiazole rings is 1. The zero-order valence-electron chi connectivity index (χ0n) is 10.1. The number of hydrogen-bond acceptors (Lipinski definition) is 6. The van der Waals surface area contributed by atoms with Gasteiger partial charge in [0.2, 0.25) is 0 Å². The predicted octanol–water partition coefficient (Wildman–Crippen LogP) is 1.35. The van der Waals surface area contributed by atoms with Gasteiger partial charge >= 0.3 is 0 Å². The molecule has 1 aliphatic rings. The highest BCUT2D eigenvalue weighted by molar-refractivity contribution is 7.13. The van der Waals surface area contributed by atoms with Crippen molar-refractivity contribution in [2.75, 3.05) is 0 Å². The summed E-state index contributed by atoms with van der Waals surface area (Å²) in [5.74, 6) is 0.305. The summed E-state index contributed by atoms with van der Waals surface area (Å²) >= 11 is 1.57. The van der Waals surface area contributed by atoms with Crippen LogP contribution in [-0.4, -0.2) is 10.9 Å². The number of hydrogen-bond donors (Lipinski definition) is 3. The molecular formula is C13H13N5S. The number of nitrogens with two attached hydrogens (primary N) is 2. The Bertz CT molecular complexity index is 647. The molecule has 0 saturated carbocycles. The SMILES string of the molecule is NC1=NC(N)(c2ccccc2-c2nccs2)C=CN1. The molecule has 0 bridgehead atoms. The van der Waals surface area contributed by atoms with Gasteiger partial charge in [0, 0.05) is 28.9 Å². The van der Waals surface area contributed by atoms with E-state index in [9.17, 15) is 0 Å². The summed E-state index contributed by atoms with van der Waals surface area (Å²) < 4.78 is 0. The third-order valence-electron chi connectivity index (χ3n) is 2.90. The number of benzene rings is 1. The number of guanidine groups is 1. The van der Waals surface area contributed by atoms with Crippen molar-refractivity contribution in [3.05, 3.63) is 53.7 Å². The summed E-state index contributed by atoms with van der Waals surface area (Å²) in [5, 5.41) is 5.67. The molecule has 2 heterocycles. The summed E-state index contributed by atoms with van der Waals surface area (Å²) in [7, 11) is 0. The van der Waals surface area contributed by atoms with Crippen LogP contribution in [0.2, 0.25) is 0 Å². The normalized spacial score (nSPS) is 21.8. The maximum atomic E-state index is 6.36. The molecule has 3 rings (SSSR count). The molecule has 0 fully saturated rings. The third kappa shape index (κ3) is 2.11. The van der Waals surface area contributed by atoms with E-state index >= 15 is 0 Å². The van der Waals surface area contributed by atoms with E-state index in [0.29, 0.717) is 5.96 Å². The first-order valence-corrected chi connectivity index (χ1v) is 6.65. The molecule has 96 valence electrons. The lowest BCUT2D eigenvalue weighted by Crippen LogP contribution is -2.42. The van der Waals surface area contributed by atoms with E-state index in [-0.39, 0.29) is 0 Å². The molecule has 5 N–H and O–H groups in total. The van der Waals surface area contributed by atoms with Gasteiger partial charge in [-0.1, -0.05) is 24.3 Å². The smallest absolute Gasteiger partial charge is 0.195 e. The van der Waals surface area contributed by atoms with Crippen LogP contribution >= 0.6 is 11.3 Å². The van der Waals surface area contributed by atoms with Gasteiger partial charge in [-0.2, -0.15) is 0 Å². The van der Waals surface area contributed by atoms with Crippen LogP contribution in [0.4, 0.5) is 0 Å². The second kappa shape index (κ2) is 4.49. The molecule has 1 atom stereocenters. The van der Waals surface area contributed by atoms with Gasteiger partial charge in [0.05, 0.1) is 0 Å². The fraction of sp³-hybridized carbons (Fsp3) is 0.0769. The standard InChI is InChI=1S/C13H13N5S/c14-12-17-6-5-13(15,18-12)10-4-2-1-3-9(10)11-16-7-8-19-11/h1-8H,15H2,(H3,14,17,18). The van der Waals surface area contributed by atoms with Gasteiger partial charge in [0.15, 0.2) is 11.6 Å². The van der Waals surface area contributed by atoms with Crippen molar-refractivity contribution in [2.24, 2.45) is 16.5 Å². The molecule has 1 aromatic carbocycles. The Balaban J connectivity index is 2.16. The number of aromatic nitrogens is 1. The molecule has 1 aromatic heterocycles. The Morgan fingerprint density at radius 3 is 2.84 bits per heavy atom. The summed E-state index contributed by atoms with van der Waals surface area (Å²) in [6, 6.07) is 7.83. The van der Waals surface area contributed by atoms with E-state index in [0.717, 1.165) is 16.1 Å². The van der Waals surface area contributed by atoms with E-state index in [4.69, 9.17) is 11.5 Å². The molecule has 1 aliphatic heterocycles. The topological polar surface area (TPSA) is 89.3 Å². The van der Waals surface area contributed by atoms with Crippen molar-refractivity contribution >= 4 is 17.3 Å². The second-order valence-electron chi connectivity index (χ2n) is 4.18. The highest BCUT2D eigenvalue weighted by atomic mass is 32.1. The average Bonchev–Trinajstić information content (AvgIpc) is 2.92. The van der Waals surface area contributed by atoms with Crippen LogP contribution in [-0.2, 0) is 5.66 Å². The summed E-state index contributed by atoms with van der Waals surface area (Å²) in [4.78, 5) is 8.64. The van der Waals surface area contributed by atoms with E-state index in [2.05, 4.69) is 15.3 Å². The lowest BCUT2D eigenvalue weighted by Gasteiger charge is -2.27. The number of nitrogens with zero attached hydrogens (tertiary/aromatic N) is 2. The zero-order valence-corrected chi connectivity index (χ0v) is 10.9. The first-order chi connectivity index (χ1) is 9.19. The van der Waals surface area contributed by atoms with E-state index < -0.39 is 5.66 Å². The highest BCUT2D eigenvalue weighted by Gasteiger charge is 2.29. The Morgan fingerprint density at radius 2 is 2.11 bits per heavy atom. The van der Waals surface area contributed by atoms with Crippen LogP contribution in [0.1, 0.15) is 5.56 Å². The van der Waals surface area contributed by atoms with Crippen LogP contribution < -0.4 is 16.8 Å². The molecule has 2 aromatic rings. The van der Waals surface area contributed by atoms with Gasteiger partial charge in [-0.3, -0.25) is 5.73 Å². The Labute approximate surface area is 114 Å². The highest BCUT2D eigenvalue weighted by Crippen LogP contribution is 2.33. The van der Waals surface area contributed by atoms with Crippen LogP contribution in [0.5, 0.6) is 0 Å². The molecule has 0 radical (unpaired) electrons. The van der Waals surface area contributed by atoms with Gasteiger partial charge < -0.3 is 11.1 Å². The monoisotopic (exact) mass is 271 g/mol. The first kappa shape index (κ1) is 11.9. The Hall–Kier alpha value is -2.18. The summed E-state index contributed by atoms with van der Waals surface area (Å²) in [6.45, 7) is 0. The van der Waals surface area contributed by atoms with Crippen LogP contribution in [0, 0.1) is 0 Å². The second-order valence-corrected chi connectivity index (χ2v) is 5.08. The minimum Gasteiger partial charge on any atom is -0.370 e. The van der Waals surface area contributed by atoms with Crippen molar-refractivity contribution < 1.29 is 0 Å². The van der Waals surface area contributed by atoms with Gasteiger partial charge in [-0.05, 0) is 6.08 Å². The molecule has 1 unspecified atom stereocenters. The van der Waals surface area contributed by atoms with E-state index in [1.54, 1.807) is 29.8 Å². The summed E-state index contributed by atoms with van der Waals surface area (Å²) in [6.07, 6.45) is 5.27. The van der Waals surface area contributed by atoms with Crippen molar-refractivity contribution in [1.82, 2.24) is 10.3 Å². The fourth-order valence-corrected chi connectivity index (χ4v) is 2.73. The van der Waals surface area contributed by atoms with Gasteiger partial charge in [0.25, 0.3) is 0 Å².